The van der Waals surface area contributed by atoms with E-state index in [1.165, 1.54) is 147 Å². The van der Waals surface area contributed by atoms with Crippen LogP contribution in [0.25, 0.3) is 0 Å². The number of hydrogen-bond donors (Lipinski definition) is 0. The van der Waals surface area contributed by atoms with Crippen LogP contribution >= 0.6 is 0 Å². The summed E-state index contributed by atoms with van der Waals surface area (Å²) in [6.45, 7) is 9.25. The van der Waals surface area contributed by atoms with Crippen molar-refractivity contribution in [3.05, 3.63) is 18.2 Å². The molecule has 1 rings (SSSR count). The second-order valence-electron chi connectivity index (χ2n) is 9.51. The SMILES string of the molecule is CCCCCCCCCCCCCCCCCCCn1cc[n+](CCC)c1CCC. The van der Waals surface area contributed by atoms with E-state index in [9.17, 15) is 0 Å². The van der Waals surface area contributed by atoms with Crippen LogP contribution in [0.3, 0.4) is 0 Å². The highest BCUT2D eigenvalue weighted by molar-refractivity contribution is 4.84. The summed E-state index contributed by atoms with van der Waals surface area (Å²) >= 11 is 0. The molecule has 0 aromatic carbocycles. The standard InChI is InChI=1S/C28H55N2/c1-4-7-8-9-10-11-12-13-14-15-16-17-18-19-20-21-22-25-30-27-26-29(24-6-3)28(30)23-5-2/h26-27H,4-25H2,1-3H3/q+1. The molecule has 0 radical (unpaired) electrons. The highest BCUT2D eigenvalue weighted by Gasteiger charge is 2.14. The van der Waals surface area contributed by atoms with Gasteiger partial charge in [-0.15, -0.1) is 0 Å². The molecule has 0 aliphatic rings. The van der Waals surface area contributed by atoms with Crippen LogP contribution in [0.15, 0.2) is 12.4 Å². The molecule has 0 unspecified atom stereocenters. The molecule has 30 heavy (non-hydrogen) atoms. The third-order valence-electron chi connectivity index (χ3n) is 6.53. The average molecular weight is 420 g/mol. The van der Waals surface area contributed by atoms with E-state index in [0.717, 1.165) is 0 Å². The van der Waals surface area contributed by atoms with Crippen LogP contribution < -0.4 is 4.57 Å². The van der Waals surface area contributed by atoms with Gasteiger partial charge < -0.3 is 0 Å². The summed E-state index contributed by atoms with van der Waals surface area (Å²) in [6, 6.07) is 0. The normalized spacial score (nSPS) is 11.4. The van der Waals surface area contributed by atoms with E-state index >= 15 is 0 Å². The number of rotatable bonds is 22. The molecule has 0 saturated heterocycles. The lowest BCUT2D eigenvalue weighted by molar-refractivity contribution is -0.703. The molecule has 0 atom stereocenters. The van der Waals surface area contributed by atoms with Crippen molar-refractivity contribution in [3.8, 4) is 0 Å². The Balaban J connectivity index is 1.89. The van der Waals surface area contributed by atoms with Gasteiger partial charge in [-0.25, -0.2) is 9.13 Å². The van der Waals surface area contributed by atoms with E-state index in [1.807, 2.05) is 0 Å². The van der Waals surface area contributed by atoms with E-state index < -0.39 is 0 Å². The van der Waals surface area contributed by atoms with Crippen LogP contribution in [-0.2, 0) is 19.5 Å². The largest absolute Gasteiger partial charge is 0.256 e. The third-order valence-corrected chi connectivity index (χ3v) is 6.53. The molecule has 0 aliphatic heterocycles. The van der Waals surface area contributed by atoms with Gasteiger partial charge in [-0.2, -0.15) is 0 Å². The van der Waals surface area contributed by atoms with Crippen molar-refractivity contribution in [1.29, 1.82) is 0 Å². The zero-order valence-corrected chi connectivity index (χ0v) is 21.1. The minimum Gasteiger partial charge on any atom is -0.234 e. The van der Waals surface area contributed by atoms with Crippen molar-refractivity contribution < 1.29 is 4.57 Å². The second-order valence-corrected chi connectivity index (χ2v) is 9.51. The first-order valence-electron chi connectivity index (χ1n) is 13.9. The molecule has 1 aromatic rings. The highest BCUT2D eigenvalue weighted by Crippen LogP contribution is 2.14. The molecule has 0 bridgehead atoms. The Hall–Kier alpha value is -0.790. The maximum atomic E-state index is 2.52. The highest BCUT2D eigenvalue weighted by atomic mass is 15.1. The predicted octanol–water partition coefficient (Wildman–Crippen LogP) is 8.79. The first-order chi connectivity index (χ1) is 14.8. The summed E-state index contributed by atoms with van der Waals surface area (Å²) in [7, 11) is 0. The summed E-state index contributed by atoms with van der Waals surface area (Å²) in [5.74, 6) is 1.54. The lowest BCUT2D eigenvalue weighted by Crippen LogP contribution is -2.37. The minimum absolute atomic E-state index is 1.17. The van der Waals surface area contributed by atoms with Gasteiger partial charge in [0.25, 0.3) is 5.82 Å². The molecule has 2 heteroatoms. The molecule has 1 heterocycles. The zero-order chi connectivity index (χ0) is 21.7. The molecule has 176 valence electrons. The fraction of sp³-hybridized carbons (Fsp3) is 0.893. The number of unbranched alkanes of at least 4 members (excludes halogenated alkanes) is 16. The average Bonchev–Trinajstić information content (AvgIpc) is 3.12. The Labute approximate surface area is 189 Å². The van der Waals surface area contributed by atoms with Gasteiger partial charge in [0, 0.05) is 6.42 Å². The summed E-state index contributed by atoms with van der Waals surface area (Å²) in [4.78, 5) is 0. The van der Waals surface area contributed by atoms with Crippen LogP contribution in [0.4, 0.5) is 0 Å². The Morgan fingerprint density at radius 1 is 0.567 bits per heavy atom. The molecule has 0 saturated carbocycles. The zero-order valence-electron chi connectivity index (χ0n) is 21.1. The predicted molar refractivity (Wildman–Crippen MR) is 133 cm³/mol. The quantitative estimate of drug-likeness (QED) is 0.131. The summed E-state index contributed by atoms with van der Waals surface area (Å²) in [6.07, 6.45) is 32.9. The molecule has 1 aromatic heterocycles. The number of imidazole rings is 1. The van der Waals surface area contributed by atoms with Gasteiger partial charge in [0.05, 0.1) is 13.1 Å². The van der Waals surface area contributed by atoms with Gasteiger partial charge >= 0.3 is 0 Å². The van der Waals surface area contributed by atoms with E-state index in [0.29, 0.717) is 0 Å². The summed E-state index contributed by atoms with van der Waals surface area (Å²) in [5.41, 5.74) is 0. The molecule has 0 aliphatic carbocycles. The second kappa shape index (κ2) is 20.1. The van der Waals surface area contributed by atoms with E-state index in [-0.39, 0.29) is 0 Å². The molecule has 0 amide bonds. The maximum absolute atomic E-state index is 2.52. The number of aryl methyl sites for hydroxylation is 2. The van der Waals surface area contributed by atoms with Crippen molar-refractivity contribution in [3.63, 3.8) is 0 Å². The van der Waals surface area contributed by atoms with Gasteiger partial charge in [-0.05, 0) is 25.7 Å². The monoisotopic (exact) mass is 419 g/mol. The van der Waals surface area contributed by atoms with Crippen molar-refractivity contribution in [2.75, 3.05) is 0 Å². The Morgan fingerprint density at radius 2 is 1.03 bits per heavy atom. The summed E-state index contributed by atoms with van der Waals surface area (Å²) in [5, 5.41) is 0. The molecule has 0 N–H and O–H groups in total. The minimum atomic E-state index is 1.17. The number of hydrogen-bond acceptors (Lipinski definition) is 0. The lowest BCUT2D eigenvalue weighted by atomic mass is 10.0. The van der Waals surface area contributed by atoms with Gasteiger partial charge in [-0.1, -0.05) is 117 Å². The maximum Gasteiger partial charge on any atom is 0.256 e. The summed E-state index contributed by atoms with van der Waals surface area (Å²) < 4.78 is 4.99. The Bertz CT molecular complexity index is 477. The first-order valence-corrected chi connectivity index (χ1v) is 13.9. The van der Waals surface area contributed by atoms with Crippen molar-refractivity contribution >= 4 is 0 Å². The third kappa shape index (κ3) is 13.5. The molecular weight excluding hydrogens is 364 g/mol. The molecule has 2 nitrogen and oxygen atoms in total. The van der Waals surface area contributed by atoms with Crippen LogP contribution in [0, 0.1) is 0 Å². The number of nitrogens with zero attached hydrogens (tertiary/aromatic N) is 2. The smallest absolute Gasteiger partial charge is 0.234 e. The van der Waals surface area contributed by atoms with Crippen LogP contribution in [0.2, 0.25) is 0 Å². The van der Waals surface area contributed by atoms with E-state index in [2.05, 4.69) is 42.3 Å². The van der Waals surface area contributed by atoms with Gasteiger partial charge in [0.2, 0.25) is 0 Å². The van der Waals surface area contributed by atoms with Gasteiger partial charge in [-0.3, -0.25) is 0 Å². The van der Waals surface area contributed by atoms with Crippen molar-refractivity contribution in [2.24, 2.45) is 0 Å². The molecular formula is C28H55N2+. The van der Waals surface area contributed by atoms with E-state index in [1.54, 1.807) is 0 Å². The van der Waals surface area contributed by atoms with Gasteiger partial charge in [0.15, 0.2) is 0 Å². The van der Waals surface area contributed by atoms with Crippen LogP contribution in [-0.4, -0.2) is 4.57 Å². The number of aromatic nitrogens is 2. The fourth-order valence-corrected chi connectivity index (χ4v) is 4.66. The van der Waals surface area contributed by atoms with E-state index in [4.69, 9.17) is 0 Å². The Morgan fingerprint density at radius 3 is 1.47 bits per heavy atom. The fourth-order valence-electron chi connectivity index (χ4n) is 4.66. The Kier molecular flexibility index (Phi) is 18.3. The van der Waals surface area contributed by atoms with Crippen molar-refractivity contribution in [2.45, 2.75) is 162 Å². The van der Waals surface area contributed by atoms with Crippen LogP contribution in [0.1, 0.15) is 149 Å². The molecule has 0 fully saturated rings. The van der Waals surface area contributed by atoms with Crippen molar-refractivity contribution in [1.82, 2.24) is 4.57 Å². The van der Waals surface area contributed by atoms with Crippen LogP contribution in [0.5, 0.6) is 0 Å². The molecule has 0 spiro atoms. The topological polar surface area (TPSA) is 8.81 Å². The first kappa shape index (κ1) is 27.2. The van der Waals surface area contributed by atoms with Gasteiger partial charge in [0.1, 0.15) is 12.4 Å². The lowest BCUT2D eigenvalue weighted by Gasteiger charge is -2.05.